The fourth-order valence-electron chi connectivity index (χ4n) is 1.79. The van der Waals surface area contributed by atoms with Crippen molar-refractivity contribution < 1.29 is 17.5 Å². The molecule has 0 amide bonds. The number of ether oxygens (including phenoxy) is 1. The molecule has 1 aromatic heterocycles. The minimum Gasteiger partial charge on any atom is -0.490 e. The molecule has 0 bridgehead atoms. The lowest BCUT2D eigenvalue weighted by atomic mass is 10.2. The summed E-state index contributed by atoms with van der Waals surface area (Å²) >= 11 is 1.11. The third-order valence-corrected chi connectivity index (χ3v) is 4.82. The molecule has 0 atom stereocenters. The molecule has 0 fully saturated rings. The maximum absolute atomic E-state index is 14.0. The zero-order valence-electron chi connectivity index (χ0n) is 10.1. The van der Waals surface area contributed by atoms with Gasteiger partial charge in [-0.2, -0.15) is 0 Å². The summed E-state index contributed by atoms with van der Waals surface area (Å²) in [4.78, 5) is 3.34. The van der Waals surface area contributed by atoms with Crippen LogP contribution in [0.1, 0.15) is 0 Å². The van der Waals surface area contributed by atoms with Gasteiger partial charge < -0.3 is 10.1 Å². The fraction of sp³-hybridized carbons (Fsp3) is 0.182. The first-order chi connectivity index (χ1) is 9.56. The number of nitrogens with one attached hydrogen (secondary N) is 2. The van der Waals surface area contributed by atoms with E-state index in [1.807, 2.05) is 0 Å². The highest BCUT2D eigenvalue weighted by Gasteiger charge is 2.24. The Morgan fingerprint density at radius 2 is 2.30 bits per heavy atom. The molecule has 20 heavy (non-hydrogen) atoms. The van der Waals surface area contributed by atoms with Crippen molar-refractivity contribution in [2.45, 2.75) is 4.90 Å². The Balaban J connectivity index is 2.00. The molecule has 0 saturated heterocycles. The third kappa shape index (κ3) is 2.41. The van der Waals surface area contributed by atoms with Crippen LogP contribution in [-0.2, 0) is 10.0 Å². The molecular weight excluding hydrogens is 305 g/mol. The smallest absolute Gasteiger partial charge is 0.266 e. The van der Waals surface area contributed by atoms with E-state index in [4.69, 9.17) is 4.74 Å². The fourth-order valence-corrected chi connectivity index (χ4v) is 3.65. The molecule has 0 unspecified atom stereocenters. The van der Waals surface area contributed by atoms with Gasteiger partial charge in [-0.3, -0.25) is 4.72 Å². The second-order valence-electron chi connectivity index (χ2n) is 4.00. The van der Waals surface area contributed by atoms with Crippen molar-refractivity contribution in [3.63, 3.8) is 0 Å². The summed E-state index contributed by atoms with van der Waals surface area (Å²) < 4.78 is 45.8. The summed E-state index contributed by atoms with van der Waals surface area (Å²) in [6.45, 7) is 0.952. The average molecular weight is 315 g/mol. The van der Waals surface area contributed by atoms with Crippen molar-refractivity contribution in [1.29, 1.82) is 0 Å². The number of hydrogen-bond donors (Lipinski definition) is 2. The first kappa shape index (κ1) is 13.1. The topological polar surface area (TPSA) is 80.3 Å². The Labute approximate surface area is 118 Å². The standard InChI is InChI=1S/C11H10FN3O3S2/c12-7-5-8-9(18-3-1-13-8)6-10(7)20(16,17)15-11-14-2-4-19-11/h2,4-6,13H,1,3H2,(H,14,15). The van der Waals surface area contributed by atoms with Gasteiger partial charge in [-0.1, -0.05) is 0 Å². The minimum atomic E-state index is -4.03. The number of fused-ring (bicyclic) bond motifs is 1. The van der Waals surface area contributed by atoms with Crippen LogP contribution in [0.15, 0.2) is 28.6 Å². The molecule has 0 aliphatic carbocycles. The van der Waals surface area contributed by atoms with Crippen molar-refractivity contribution in [3.05, 3.63) is 29.5 Å². The lowest BCUT2D eigenvalue weighted by molar-refractivity contribution is 0.321. The van der Waals surface area contributed by atoms with Crippen molar-refractivity contribution >= 4 is 32.2 Å². The van der Waals surface area contributed by atoms with E-state index < -0.39 is 20.7 Å². The number of thiazole rings is 1. The molecule has 0 saturated carbocycles. The number of sulfonamides is 1. The van der Waals surface area contributed by atoms with Crippen molar-refractivity contribution in [1.82, 2.24) is 4.98 Å². The van der Waals surface area contributed by atoms with Crippen LogP contribution in [0.25, 0.3) is 0 Å². The predicted octanol–water partition coefficient (Wildman–Crippen LogP) is 1.89. The van der Waals surface area contributed by atoms with Gasteiger partial charge in [0.05, 0.1) is 5.69 Å². The van der Waals surface area contributed by atoms with Crippen LogP contribution in [0.3, 0.4) is 0 Å². The predicted molar refractivity (Wildman–Crippen MR) is 73.3 cm³/mol. The lowest BCUT2D eigenvalue weighted by Gasteiger charge is -2.20. The number of halogens is 1. The Morgan fingerprint density at radius 3 is 3.05 bits per heavy atom. The number of aromatic nitrogens is 1. The van der Waals surface area contributed by atoms with Crippen LogP contribution in [0.2, 0.25) is 0 Å². The molecule has 2 aromatic rings. The molecule has 3 rings (SSSR count). The summed E-state index contributed by atoms with van der Waals surface area (Å²) in [7, 11) is -4.03. The van der Waals surface area contributed by atoms with Crippen LogP contribution < -0.4 is 14.8 Å². The van der Waals surface area contributed by atoms with E-state index >= 15 is 0 Å². The molecule has 2 heterocycles. The largest absolute Gasteiger partial charge is 0.490 e. The highest BCUT2D eigenvalue weighted by atomic mass is 32.2. The maximum atomic E-state index is 14.0. The first-order valence-corrected chi connectivity index (χ1v) is 8.05. The summed E-state index contributed by atoms with van der Waals surface area (Å²) in [5.74, 6) is -0.525. The number of benzene rings is 1. The van der Waals surface area contributed by atoms with E-state index in [1.54, 1.807) is 5.38 Å². The molecule has 2 N–H and O–H groups in total. The van der Waals surface area contributed by atoms with Crippen molar-refractivity contribution in [2.75, 3.05) is 23.2 Å². The molecular formula is C11H10FN3O3S2. The molecule has 1 aliphatic heterocycles. The number of nitrogens with zero attached hydrogens (tertiary/aromatic N) is 1. The summed E-state index contributed by atoms with van der Waals surface area (Å²) in [6, 6.07) is 2.29. The number of rotatable bonds is 3. The van der Waals surface area contributed by atoms with Gasteiger partial charge in [0, 0.05) is 30.3 Å². The van der Waals surface area contributed by atoms with Crippen LogP contribution in [0.5, 0.6) is 5.75 Å². The maximum Gasteiger partial charge on any atom is 0.266 e. The molecule has 9 heteroatoms. The number of hydrogen-bond acceptors (Lipinski definition) is 6. The summed E-state index contributed by atoms with van der Waals surface area (Å²) in [5.41, 5.74) is 0.446. The Bertz CT molecular complexity index is 732. The monoisotopic (exact) mass is 315 g/mol. The first-order valence-electron chi connectivity index (χ1n) is 5.69. The zero-order chi connectivity index (χ0) is 14.2. The third-order valence-electron chi connectivity index (χ3n) is 2.65. The minimum absolute atomic E-state index is 0.182. The van der Waals surface area contributed by atoms with Crippen LogP contribution in [-0.4, -0.2) is 26.6 Å². The Kier molecular flexibility index (Phi) is 3.22. The van der Waals surface area contributed by atoms with Gasteiger partial charge in [-0.05, 0) is 0 Å². The van der Waals surface area contributed by atoms with E-state index in [2.05, 4.69) is 15.0 Å². The highest BCUT2D eigenvalue weighted by Crippen LogP contribution is 2.32. The van der Waals surface area contributed by atoms with Crippen molar-refractivity contribution in [2.24, 2.45) is 0 Å². The zero-order valence-corrected chi connectivity index (χ0v) is 11.7. The number of anilines is 2. The van der Waals surface area contributed by atoms with Gasteiger partial charge in [0.15, 0.2) is 5.13 Å². The molecule has 1 aromatic carbocycles. The molecule has 0 radical (unpaired) electrons. The molecule has 6 nitrogen and oxygen atoms in total. The van der Waals surface area contributed by atoms with Gasteiger partial charge in [0.1, 0.15) is 23.1 Å². The second kappa shape index (κ2) is 4.91. The van der Waals surface area contributed by atoms with E-state index in [-0.39, 0.29) is 5.13 Å². The van der Waals surface area contributed by atoms with E-state index in [0.717, 1.165) is 17.4 Å². The van der Waals surface area contributed by atoms with E-state index in [1.165, 1.54) is 12.3 Å². The highest BCUT2D eigenvalue weighted by molar-refractivity contribution is 7.93. The van der Waals surface area contributed by atoms with Gasteiger partial charge in [0.25, 0.3) is 10.0 Å². The van der Waals surface area contributed by atoms with Gasteiger partial charge in [-0.15, -0.1) is 11.3 Å². The Hall–Kier alpha value is -1.87. The van der Waals surface area contributed by atoms with Gasteiger partial charge in [-0.25, -0.2) is 17.8 Å². The quantitative estimate of drug-likeness (QED) is 0.904. The van der Waals surface area contributed by atoms with Crippen LogP contribution >= 0.6 is 11.3 Å². The lowest BCUT2D eigenvalue weighted by Crippen LogP contribution is -2.20. The van der Waals surface area contributed by atoms with Gasteiger partial charge in [0.2, 0.25) is 0 Å². The molecule has 106 valence electrons. The van der Waals surface area contributed by atoms with E-state index in [9.17, 15) is 12.8 Å². The van der Waals surface area contributed by atoms with E-state index in [0.29, 0.717) is 24.6 Å². The molecule has 1 aliphatic rings. The summed E-state index contributed by atoms with van der Waals surface area (Å²) in [6.07, 6.45) is 1.46. The normalized spacial score (nSPS) is 14.1. The molecule has 0 spiro atoms. The Morgan fingerprint density at radius 1 is 1.45 bits per heavy atom. The van der Waals surface area contributed by atoms with Crippen LogP contribution in [0, 0.1) is 5.82 Å². The van der Waals surface area contributed by atoms with Crippen molar-refractivity contribution in [3.8, 4) is 5.75 Å². The SMILES string of the molecule is O=S(=O)(Nc1nccs1)c1cc2c(cc1F)NCCO2. The van der Waals surface area contributed by atoms with Gasteiger partial charge >= 0.3 is 0 Å². The average Bonchev–Trinajstić information content (AvgIpc) is 2.90. The second-order valence-corrected chi connectivity index (χ2v) is 6.54. The summed E-state index contributed by atoms with van der Waals surface area (Å²) in [5, 5.41) is 4.74. The van der Waals surface area contributed by atoms with Crippen LogP contribution in [0.4, 0.5) is 15.2 Å².